The molecule has 0 aliphatic heterocycles. The third kappa shape index (κ3) is 4.60. The van der Waals surface area contributed by atoms with Crippen molar-refractivity contribution in [2.24, 2.45) is 4.99 Å². The van der Waals surface area contributed by atoms with E-state index in [9.17, 15) is 9.59 Å². The van der Waals surface area contributed by atoms with Crippen LogP contribution < -0.4 is 14.7 Å². The summed E-state index contributed by atoms with van der Waals surface area (Å²) in [4.78, 5) is 28.0. The van der Waals surface area contributed by atoms with Crippen molar-refractivity contribution in [3.8, 4) is 11.4 Å². The summed E-state index contributed by atoms with van der Waals surface area (Å²) < 4.78 is 6.83. The third-order valence-electron chi connectivity index (χ3n) is 3.44. The summed E-state index contributed by atoms with van der Waals surface area (Å²) in [6, 6.07) is 13.8. The highest BCUT2D eigenvalue weighted by molar-refractivity contribution is 7.04. The number of nitrogens with one attached hydrogen (secondary N) is 1. The van der Waals surface area contributed by atoms with Gasteiger partial charge >= 0.3 is 0 Å². The fourth-order valence-corrected chi connectivity index (χ4v) is 3.21. The lowest BCUT2D eigenvalue weighted by Gasteiger charge is -2.04. The quantitative estimate of drug-likeness (QED) is 0.725. The number of benzene rings is 2. The van der Waals surface area contributed by atoms with Crippen LogP contribution in [0.5, 0.6) is 5.75 Å². The number of nitrogens with zero attached hydrogens (tertiary/aromatic N) is 3. The van der Waals surface area contributed by atoms with Crippen molar-refractivity contribution in [1.82, 2.24) is 9.17 Å². The molecule has 1 N–H and O–H groups in total. The molecule has 2 amide bonds. The van der Waals surface area contributed by atoms with Crippen molar-refractivity contribution in [1.29, 1.82) is 0 Å². The number of anilines is 1. The first kappa shape index (κ1) is 18.8. The van der Waals surface area contributed by atoms with E-state index in [0.717, 1.165) is 11.5 Å². The summed E-state index contributed by atoms with van der Waals surface area (Å²) in [5.74, 6) is -0.209. The van der Waals surface area contributed by atoms with Gasteiger partial charge < -0.3 is 10.1 Å². The molecule has 0 unspecified atom stereocenters. The monoisotopic (exact) mass is 402 g/mol. The maximum atomic E-state index is 12.7. The van der Waals surface area contributed by atoms with Gasteiger partial charge in [-0.3, -0.25) is 9.59 Å². The molecule has 0 saturated heterocycles. The van der Waals surface area contributed by atoms with E-state index in [2.05, 4.69) is 15.4 Å². The Labute approximate surface area is 164 Å². The molecule has 3 rings (SSSR count). The van der Waals surface area contributed by atoms with Crippen LogP contribution >= 0.6 is 23.1 Å². The van der Waals surface area contributed by atoms with Crippen molar-refractivity contribution in [3.05, 3.63) is 63.9 Å². The van der Waals surface area contributed by atoms with Crippen LogP contribution in [-0.4, -0.2) is 28.1 Å². The highest BCUT2D eigenvalue weighted by Crippen LogP contribution is 2.17. The van der Waals surface area contributed by atoms with Crippen molar-refractivity contribution in [2.45, 2.75) is 6.92 Å². The molecule has 0 fully saturated rings. The predicted molar refractivity (Wildman–Crippen MR) is 104 cm³/mol. The summed E-state index contributed by atoms with van der Waals surface area (Å²) in [6.45, 7) is 1.32. The van der Waals surface area contributed by atoms with E-state index in [-0.39, 0.29) is 10.4 Å². The smallest absolute Gasteiger partial charge is 0.279 e. The maximum absolute atomic E-state index is 12.7. The molecule has 1 aromatic heterocycles. The number of methoxy groups -OCH3 is 1. The van der Waals surface area contributed by atoms with E-state index >= 15 is 0 Å². The number of hydrogen-bond acceptors (Lipinski definition) is 5. The fourth-order valence-electron chi connectivity index (χ4n) is 2.18. The van der Waals surface area contributed by atoms with Gasteiger partial charge in [0.1, 0.15) is 5.75 Å². The van der Waals surface area contributed by atoms with E-state index in [1.165, 1.54) is 11.0 Å². The summed E-state index contributed by atoms with van der Waals surface area (Å²) in [5, 5.41) is 7.63. The standard InChI is InChI=1S/C18H15ClN4O3S/c1-11(24)20-18-16(17(25)21-13-5-9-15(26-2)10-6-13)22-23(27-18)14-7-3-12(19)4-8-14/h3-10H,1-2H3,(H,21,25). The zero-order chi connectivity index (χ0) is 19.4. The zero-order valence-corrected chi connectivity index (χ0v) is 16.0. The molecule has 7 nitrogen and oxygen atoms in total. The molecule has 0 aliphatic carbocycles. The van der Waals surface area contributed by atoms with Crippen molar-refractivity contribution >= 4 is 40.6 Å². The second-order valence-corrected chi connectivity index (χ2v) is 6.76. The first-order valence-corrected chi connectivity index (χ1v) is 8.98. The van der Waals surface area contributed by atoms with Gasteiger partial charge in [-0.1, -0.05) is 11.6 Å². The van der Waals surface area contributed by atoms with Crippen LogP contribution in [0.1, 0.15) is 17.4 Å². The normalized spacial score (nSPS) is 11.3. The van der Waals surface area contributed by atoms with Crippen LogP contribution in [0.25, 0.3) is 5.69 Å². The summed E-state index contributed by atoms with van der Waals surface area (Å²) in [5.41, 5.74) is 1.33. The van der Waals surface area contributed by atoms with Crippen molar-refractivity contribution < 1.29 is 14.3 Å². The van der Waals surface area contributed by atoms with Gasteiger partial charge in [-0.25, -0.2) is 0 Å². The van der Waals surface area contributed by atoms with Crippen molar-refractivity contribution in [3.63, 3.8) is 0 Å². The number of rotatable bonds is 4. The van der Waals surface area contributed by atoms with Gasteiger partial charge in [0.15, 0.2) is 10.4 Å². The fraction of sp³-hybridized carbons (Fsp3) is 0.111. The molecule has 2 aromatic carbocycles. The summed E-state index contributed by atoms with van der Waals surface area (Å²) >= 11 is 6.99. The minimum absolute atomic E-state index is 0.0565. The summed E-state index contributed by atoms with van der Waals surface area (Å²) in [7, 11) is 1.56. The molecule has 0 spiro atoms. The number of carbonyl (C=O) groups excluding carboxylic acids is 2. The Morgan fingerprint density at radius 1 is 1.15 bits per heavy atom. The number of ether oxygens (including phenoxy) is 1. The lowest BCUT2D eigenvalue weighted by Crippen LogP contribution is -2.20. The Morgan fingerprint density at radius 3 is 2.41 bits per heavy atom. The Kier molecular flexibility index (Phi) is 5.68. The predicted octanol–water partition coefficient (Wildman–Crippen LogP) is 3.30. The van der Waals surface area contributed by atoms with E-state index in [4.69, 9.17) is 16.3 Å². The van der Waals surface area contributed by atoms with E-state index in [1.807, 2.05) is 0 Å². The zero-order valence-electron chi connectivity index (χ0n) is 14.5. The van der Waals surface area contributed by atoms with Crippen LogP contribution in [0.15, 0.2) is 53.5 Å². The van der Waals surface area contributed by atoms with Crippen LogP contribution in [-0.2, 0) is 4.79 Å². The van der Waals surface area contributed by atoms with Gasteiger partial charge in [0, 0.05) is 17.6 Å². The average Bonchev–Trinajstić information content (AvgIpc) is 3.06. The molecule has 27 heavy (non-hydrogen) atoms. The second kappa shape index (κ2) is 8.15. The lowest BCUT2D eigenvalue weighted by atomic mass is 10.3. The molecule has 0 bridgehead atoms. The Balaban J connectivity index is 1.95. The van der Waals surface area contributed by atoms with E-state index in [1.54, 1.807) is 55.6 Å². The molecule has 9 heteroatoms. The SMILES string of the molecule is COc1ccc(NC(=O)c2nn(-c3ccc(Cl)cc3)sc2=NC(C)=O)cc1. The Bertz CT molecular complexity index is 1040. The van der Waals surface area contributed by atoms with Gasteiger partial charge in [-0.15, -0.1) is 5.10 Å². The van der Waals surface area contributed by atoms with Crippen LogP contribution in [0, 0.1) is 0 Å². The highest BCUT2D eigenvalue weighted by atomic mass is 35.5. The average molecular weight is 403 g/mol. The third-order valence-corrected chi connectivity index (χ3v) is 4.61. The van der Waals surface area contributed by atoms with Crippen molar-refractivity contribution in [2.75, 3.05) is 12.4 Å². The number of carbonyl (C=O) groups is 2. The number of aromatic nitrogens is 2. The highest BCUT2D eigenvalue weighted by Gasteiger charge is 2.16. The molecule has 0 aliphatic rings. The van der Waals surface area contributed by atoms with Gasteiger partial charge in [-0.2, -0.15) is 9.06 Å². The molecule has 0 saturated carbocycles. The molecule has 1 heterocycles. The van der Waals surface area contributed by atoms with Crippen LogP contribution in [0.4, 0.5) is 5.69 Å². The Hall–Kier alpha value is -2.97. The molecular weight excluding hydrogens is 388 g/mol. The second-order valence-electron chi connectivity index (χ2n) is 5.41. The molecule has 3 aromatic rings. The summed E-state index contributed by atoms with van der Waals surface area (Å²) in [6.07, 6.45) is 0. The van der Waals surface area contributed by atoms with E-state index in [0.29, 0.717) is 22.1 Å². The number of hydrogen-bond donors (Lipinski definition) is 1. The number of amides is 2. The maximum Gasteiger partial charge on any atom is 0.279 e. The molecular formula is C18H15ClN4O3S. The van der Waals surface area contributed by atoms with Gasteiger partial charge in [-0.05, 0) is 60.1 Å². The first-order valence-electron chi connectivity index (χ1n) is 7.83. The lowest BCUT2D eigenvalue weighted by molar-refractivity contribution is -0.116. The van der Waals surface area contributed by atoms with Gasteiger partial charge in [0.05, 0.1) is 12.8 Å². The number of halogens is 1. The first-order chi connectivity index (χ1) is 13.0. The van der Waals surface area contributed by atoms with Gasteiger partial charge in [0.2, 0.25) is 5.91 Å². The molecule has 0 radical (unpaired) electrons. The van der Waals surface area contributed by atoms with Crippen LogP contribution in [0.3, 0.4) is 0 Å². The van der Waals surface area contributed by atoms with E-state index < -0.39 is 11.8 Å². The van der Waals surface area contributed by atoms with Gasteiger partial charge in [0.25, 0.3) is 5.91 Å². The minimum Gasteiger partial charge on any atom is -0.497 e. The minimum atomic E-state index is -0.468. The largest absolute Gasteiger partial charge is 0.497 e. The van der Waals surface area contributed by atoms with Crippen LogP contribution in [0.2, 0.25) is 5.02 Å². The molecule has 0 atom stereocenters. The topological polar surface area (TPSA) is 85.6 Å². The molecule has 138 valence electrons. The Morgan fingerprint density at radius 2 is 1.81 bits per heavy atom.